The molecule has 0 bridgehead atoms. The molecule has 6 nitrogen and oxygen atoms in total. The molecule has 0 aliphatic carbocycles. The molecule has 1 aromatic rings. The molecule has 0 aromatic heterocycles. The summed E-state index contributed by atoms with van der Waals surface area (Å²) in [7, 11) is -3.54. The van der Waals surface area contributed by atoms with Gasteiger partial charge in [-0.15, -0.1) is 0 Å². The molecule has 7 heteroatoms. The first-order valence-electron chi connectivity index (χ1n) is 8.45. The summed E-state index contributed by atoms with van der Waals surface area (Å²) >= 11 is 0. The van der Waals surface area contributed by atoms with Crippen molar-refractivity contribution in [2.75, 3.05) is 12.3 Å². The average Bonchev–Trinajstić information content (AvgIpc) is 2.59. The molecule has 0 fully saturated rings. The van der Waals surface area contributed by atoms with Gasteiger partial charge in [0.05, 0.1) is 11.8 Å². The number of fused-ring (bicyclic) bond motifs is 1. The Morgan fingerprint density at radius 2 is 2.00 bits per heavy atom. The van der Waals surface area contributed by atoms with Crippen LogP contribution < -0.4 is 0 Å². The second-order valence-corrected chi connectivity index (χ2v) is 8.28. The average molecular weight is 354 g/mol. The second-order valence-electron chi connectivity index (χ2n) is 6.27. The minimum Gasteiger partial charge on any atom is -0.286 e. The van der Waals surface area contributed by atoms with Crippen molar-refractivity contribution in [2.45, 2.75) is 51.6 Å². The fraction of sp³-hybridized carbons (Fsp3) is 0.588. The zero-order valence-corrected chi connectivity index (χ0v) is 14.9. The molecule has 0 saturated heterocycles. The van der Waals surface area contributed by atoms with Crippen molar-refractivity contribution >= 4 is 16.4 Å². The van der Waals surface area contributed by atoms with E-state index in [4.69, 9.17) is 0 Å². The van der Waals surface area contributed by atoms with Crippen LogP contribution in [0, 0.1) is 0 Å². The Hall–Kier alpha value is -1.44. The Kier molecular flexibility index (Phi) is 6.77. The number of amides is 1. The number of carbonyl (C=O) groups excluding carboxylic acids is 1. The van der Waals surface area contributed by atoms with Crippen LogP contribution in [-0.4, -0.2) is 47.7 Å². The number of hydrogen-bond donors (Lipinski definition) is 1. The predicted molar refractivity (Wildman–Crippen MR) is 92.0 cm³/mol. The van der Waals surface area contributed by atoms with Crippen molar-refractivity contribution in [1.82, 2.24) is 9.37 Å². The number of hydroxylamine groups is 2. The van der Waals surface area contributed by atoms with Gasteiger partial charge in [0.1, 0.15) is 0 Å². The third-order valence-electron chi connectivity index (χ3n) is 4.52. The lowest BCUT2D eigenvalue weighted by Crippen LogP contribution is -2.44. The van der Waals surface area contributed by atoms with E-state index in [1.807, 2.05) is 31.2 Å². The lowest BCUT2D eigenvalue weighted by Gasteiger charge is -2.30. The van der Waals surface area contributed by atoms with Gasteiger partial charge in [-0.1, -0.05) is 50.5 Å². The first-order chi connectivity index (χ1) is 11.5. The van der Waals surface area contributed by atoms with E-state index in [0.717, 1.165) is 24.8 Å². The fourth-order valence-electron chi connectivity index (χ4n) is 3.06. The Labute approximate surface area is 144 Å². The molecule has 2 rings (SSSR count). The molecular weight excluding hydrogens is 328 g/mol. The first kappa shape index (κ1) is 18.9. The molecule has 1 heterocycles. The van der Waals surface area contributed by atoms with Crippen molar-refractivity contribution < 1.29 is 18.4 Å². The van der Waals surface area contributed by atoms with Gasteiger partial charge in [0.2, 0.25) is 16.4 Å². The standard InChI is InChI=1S/C17H26N2O4S/c1-2-3-4-9-17(19(21)14-20)13-24(22,23)18-11-10-15-7-5-6-8-16(15)12-18/h5-8,14,17,21H,2-4,9-13H2,1H3. The molecule has 1 unspecified atom stereocenters. The minimum absolute atomic E-state index is 0.242. The van der Waals surface area contributed by atoms with Gasteiger partial charge in [-0.2, -0.15) is 4.31 Å². The lowest BCUT2D eigenvalue weighted by atomic mass is 10.0. The summed E-state index contributed by atoms with van der Waals surface area (Å²) in [6.07, 6.45) is 4.18. The highest BCUT2D eigenvalue weighted by atomic mass is 32.2. The highest BCUT2D eigenvalue weighted by Crippen LogP contribution is 2.22. The molecule has 134 valence electrons. The molecule has 1 aliphatic heterocycles. The number of benzene rings is 1. The van der Waals surface area contributed by atoms with Crippen LogP contribution in [0.15, 0.2) is 24.3 Å². The van der Waals surface area contributed by atoms with E-state index in [2.05, 4.69) is 0 Å². The van der Waals surface area contributed by atoms with Crippen molar-refractivity contribution in [3.8, 4) is 0 Å². The van der Waals surface area contributed by atoms with Gasteiger partial charge in [0.15, 0.2) is 0 Å². The summed E-state index contributed by atoms with van der Waals surface area (Å²) in [4.78, 5) is 10.9. The summed E-state index contributed by atoms with van der Waals surface area (Å²) < 4.78 is 26.9. The monoisotopic (exact) mass is 354 g/mol. The van der Waals surface area contributed by atoms with Crippen molar-refractivity contribution in [1.29, 1.82) is 0 Å². The van der Waals surface area contributed by atoms with E-state index < -0.39 is 16.1 Å². The predicted octanol–water partition coefficient (Wildman–Crippen LogP) is 2.17. The van der Waals surface area contributed by atoms with Gasteiger partial charge < -0.3 is 0 Å². The normalized spacial score (nSPS) is 16.4. The molecule has 1 atom stereocenters. The molecule has 1 aromatic carbocycles. The number of carbonyl (C=O) groups is 1. The van der Waals surface area contributed by atoms with Crippen LogP contribution in [0.5, 0.6) is 0 Å². The number of nitrogens with zero attached hydrogens (tertiary/aromatic N) is 2. The molecule has 1 N–H and O–H groups in total. The summed E-state index contributed by atoms with van der Waals surface area (Å²) in [6, 6.07) is 7.13. The number of hydrogen-bond acceptors (Lipinski definition) is 4. The molecular formula is C17H26N2O4S. The van der Waals surface area contributed by atoms with E-state index in [9.17, 15) is 18.4 Å². The fourth-order valence-corrected chi connectivity index (χ4v) is 4.79. The highest BCUT2D eigenvalue weighted by molar-refractivity contribution is 7.89. The van der Waals surface area contributed by atoms with Gasteiger partial charge >= 0.3 is 0 Å². The molecule has 24 heavy (non-hydrogen) atoms. The lowest BCUT2D eigenvalue weighted by molar-refractivity contribution is -0.158. The SMILES string of the molecule is CCCCCC(CS(=O)(=O)N1CCc2ccccc2C1)N(O)C=O. The van der Waals surface area contributed by atoms with Crippen LogP contribution >= 0.6 is 0 Å². The third-order valence-corrected chi connectivity index (χ3v) is 6.42. The third kappa shape index (κ3) is 4.78. The Morgan fingerprint density at radius 3 is 2.67 bits per heavy atom. The highest BCUT2D eigenvalue weighted by Gasteiger charge is 2.31. The van der Waals surface area contributed by atoms with Crippen LogP contribution in [0.3, 0.4) is 0 Å². The van der Waals surface area contributed by atoms with Crippen LogP contribution in [0.2, 0.25) is 0 Å². The number of unbranched alkanes of at least 4 members (excludes halogenated alkanes) is 2. The Morgan fingerprint density at radius 1 is 1.29 bits per heavy atom. The van der Waals surface area contributed by atoms with Crippen LogP contribution in [-0.2, 0) is 27.8 Å². The molecule has 0 radical (unpaired) electrons. The van der Waals surface area contributed by atoms with E-state index >= 15 is 0 Å². The zero-order chi connectivity index (χ0) is 17.6. The largest absolute Gasteiger partial charge is 0.286 e. The first-order valence-corrected chi connectivity index (χ1v) is 10.1. The summed E-state index contributed by atoms with van der Waals surface area (Å²) in [5, 5.41) is 10.2. The number of sulfonamides is 1. The maximum absolute atomic E-state index is 12.7. The van der Waals surface area contributed by atoms with E-state index in [-0.39, 0.29) is 12.2 Å². The minimum atomic E-state index is -3.54. The van der Waals surface area contributed by atoms with Gasteiger partial charge in [-0.05, 0) is 24.0 Å². The van der Waals surface area contributed by atoms with E-state index in [0.29, 0.717) is 31.0 Å². The summed E-state index contributed by atoms with van der Waals surface area (Å²) in [5.41, 5.74) is 2.20. The maximum Gasteiger partial charge on any atom is 0.233 e. The van der Waals surface area contributed by atoms with Gasteiger partial charge in [0.25, 0.3) is 0 Å². The second kappa shape index (κ2) is 8.60. The van der Waals surface area contributed by atoms with Crippen LogP contribution in [0.25, 0.3) is 0 Å². The van der Waals surface area contributed by atoms with E-state index in [1.54, 1.807) is 0 Å². The van der Waals surface area contributed by atoms with Crippen LogP contribution in [0.4, 0.5) is 0 Å². The van der Waals surface area contributed by atoms with E-state index in [1.165, 1.54) is 9.87 Å². The van der Waals surface area contributed by atoms with Gasteiger partial charge in [-0.25, -0.2) is 13.5 Å². The molecule has 0 spiro atoms. The topological polar surface area (TPSA) is 77.9 Å². The maximum atomic E-state index is 12.7. The Balaban J connectivity index is 2.06. The summed E-state index contributed by atoms with van der Waals surface area (Å²) in [5.74, 6) is -0.242. The van der Waals surface area contributed by atoms with Gasteiger partial charge in [-0.3, -0.25) is 10.0 Å². The Bertz CT molecular complexity index is 648. The summed E-state index contributed by atoms with van der Waals surface area (Å²) in [6.45, 7) is 2.84. The molecule has 1 amide bonds. The van der Waals surface area contributed by atoms with Gasteiger partial charge in [0, 0.05) is 13.1 Å². The van der Waals surface area contributed by atoms with Crippen LogP contribution in [0.1, 0.15) is 43.7 Å². The molecule has 1 aliphatic rings. The van der Waals surface area contributed by atoms with Crippen molar-refractivity contribution in [2.24, 2.45) is 0 Å². The number of rotatable bonds is 9. The smallest absolute Gasteiger partial charge is 0.233 e. The van der Waals surface area contributed by atoms with Crippen molar-refractivity contribution in [3.05, 3.63) is 35.4 Å². The van der Waals surface area contributed by atoms with Crippen molar-refractivity contribution in [3.63, 3.8) is 0 Å². The quantitative estimate of drug-likeness (QED) is 0.319. The zero-order valence-electron chi connectivity index (χ0n) is 14.1. The molecule has 0 saturated carbocycles.